The highest BCUT2D eigenvalue weighted by molar-refractivity contribution is 7.92. The predicted molar refractivity (Wildman–Crippen MR) is 77.8 cm³/mol. The first-order valence-electron chi connectivity index (χ1n) is 6.13. The first-order valence-corrected chi connectivity index (χ1v) is 7.61. The molecule has 0 fully saturated rings. The highest BCUT2D eigenvalue weighted by Crippen LogP contribution is 2.21. The molecule has 0 aliphatic rings. The minimum atomic E-state index is -3.87. The molecule has 0 radical (unpaired) electrons. The van der Waals surface area contributed by atoms with Gasteiger partial charge in [-0.05, 0) is 55.3 Å². The van der Waals surface area contributed by atoms with Crippen LogP contribution in [0.15, 0.2) is 41.3 Å². The molecule has 0 atom stereocenters. The summed E-state index contributed by atoms with van der Waals surface area (Å²) in [6, 6.07) is 10.0. The van der Waals surface area contributed by atoms with Gasteiger partial charge >= 0.3 is 0 Å². The summed E-state index contributed by atoms with van der Waals surface area (Å²) < 4.78 is 40.4. The van der Waals surface area contributed by atoms with Crippen LogP contribution in [0, 0.1) is 31.0 Å². The molecule has 0 amide bonds. The third kappa shape index (κ3) is 3.20. The first kappa shape index (κ1) is 15.0. The third-order valence-electron chi connectivity index (χ3n) is 3.13. The minimum Gasteiger partial charge on any atom is -0.277 e. The largest absolute Gasteiger partial charge is 0.277 e. The monoisotopic (exact) mass is 304 g/mol. The number of anilines is 1. The number of aryl methyl sites for hydroxylation is 2. The van der Waals surface area contributed by atoms with Crippen molar-refractivity contribution in [2.45, 2.75) is 18.7 Å². The van der Waals surface area contributed by atoms with Gasteiger partial charge in [-0.2, -0.15) is 5.26 Å². The van der Waals surface area contributed by atoms with Gasteiger partial charge in [0.15, 0.2) is 0 Å². The maximum absolute atomic E-state index is 13.7. The van der Waals surface area contributed by atoms with E-state index >= 15 is 0 Å². The summed E-state index contributed by atoms with van der Waals surface area (Å²) in [6.45, 7) is 3.68. The van der Waals surface area contributed by atoms with E-state index < -0.39 is 15.8 Å². The van der Waals surface area contributed by atoms with E-state index in [1.807, 2.05) is 6.92 Å². The summed E-state index contributed by atoms with van der Waals surface area (Å²) in [5, 5.41) is 8.66. The number of hydrogen-bond donors (Lipinski definition) is 1. The molecule has 2 aromatic rings. The quantitative estimate of drug-likeness (QED) is 0.947. The summed E-state index contributed by atoms with van der Waals surface area (Å²) in [5.74, 6) is -0.790. The van der Waals surface area contributed by atoms with Crippen molar-refractivity contribution in [2.24, 2.45) is 0 Å². The second-order valence-corrected chi connectivity index (χ2v) is 6.34. The second-order valence-electron chi connectivity index (χ2n) is 4.66. The fourth-order valence-corrected chi connectivity index (χ4v) is 2.90. The average Bonchev–Trinajstić information content (AvgIpc) is 2.43. The lowest BCUT2D eigenvalue weighted by atomic mass is 10.1. The van der Waals surface area contributed by atoms with E-state index in [1.165, 1.54) is 24.3 Å². The Morgan fingerprint density at radius 1 is 1.10 bits per heavy atom. The van der Waals surface area contributed by atoms with Crippen molar-refractivity contribution in [3.8, 4) is 6.07 Å². The van der Waals surface area contributed by atoms with Crippen LogP contribution in [0.25, 0.3) is 0 Å². The van der Waals surface area contributed by atoms with Gasteiger partial charge in [0.05, 0.1) is 22.2 Å². The van der Waals surface area contributed by atoms with Crippen LogP contribution in [-0.2, 0) is 10.0 Å². The Bertz CT molecular complexity index is 839. The normalized spacial score (nSPS) is 11.0. The van der Waals surface area contributed by atoms with Crippen LogP contribution < -0.4 is 4.72 Å². The SMILES string of the molecule is Cc1ccc(S(=O)(=O)Nc2ccc(C#N)cc2F)cc1C. The molecular formula is C15H13FN2O2S. The molecule has 6 heteroatoms. The molecule has 21 heavy (non-hydrogen) atoms. The van der Waals surface area contributed by atoms with Gasteiger partial charge in [0, 0.05) is 0 Å². The summed E-state index contributed by atoms with van der Waals surface area (Å²) in [6.07, 6.45) is 0. The molecule has 108 valence electrons. The highest BCUT2D eigenvalue weighted by Gasteiger charge is 2.17. The molecule has 4 nitrogen and oxygen atoms in total. The summed E-state index contributed by atoms with van der Waals surface area (Å²) >= 11 is 0. The van der Waals surface area contributed by atoms with Crippen LogP contribution in [-0.4, -0.2) is 8.42 Å². The topological polar surface area (TPSA) is 70.0 Å². The maximum atomic E-state index is 13.7. The maximum Gasteiger partial charge on any atom is 0.261 e. The van der Waals surface area contributed by atoms with Crippen LogP contribution in [0.1, 0.15) is 16.7 Å². The lowest BCUT2D eigenvalue weighted by molar-refractivity contribution is 0.598. The number of sulfonamides is 1. The predicted octanol–water partition coefficient (Wildman–Crippen LogP) is 3.12. The van der Waals surface area contributed by atoms with Gasteiger partial charge in [-0.15, -0.1) is 0 Å². The van der Waals surface area contributed by atoms with Crippen molar-refractivity contribution in [1.29, 1.82) is 5.26 Å². The van der Waals surface area contributed by atoms with E-state index in [4.69, 9.17) is 5.26 Å². The molecule has 2 aromatic carbocycles. The van der Waals surface area contributed by atoms with Crippen molar-refractivity contribution >= 4 is 15.7 Å². The van der Waals surface area contributed by atoms with E-state index in [1.54, 1.807) is 19.1 Å². The zero-order valence-corrected chi connectivity index (χ0v) is 12.3. The van der Waals surface area contributed by atoms with E-state index in [2.05, 4.69) is 4.72 Å². The van der Waals surface area contributed by atoms with E-state index in [0.29, 0.717) is 0 Å². The number of nitrogens with zero attached hydrogens (tertiary/aromatic N) is 1. The van der Waals surface area contributed by atoms with Crippen LogP contribution in [0.4, 0.5) is 10.1 Å². The van der Waals surface area contributed by atoms with Gasteiger partial charge in [0.2, 0.25) is 0 Å². The van der Waals surface area contributed by atoms with Crippen LogP contribution >= 0.6 is 0 Å². The Balaban J connectivity index is 2.37. The molecule has 0 aliphatic heterocycles. The first-order chi connectivity index (χ1) is 9.83. The number of rotatable bonds is 3. The fraction of sp³-hybridized carbons (Fsp3) is 0.133. The minimum absolute atomic E-state index is 0.0642. The second kappa shape index (κ2) is 5.54. The van der Waals surface area contributed by atoms with E-state index in [0.717, 1.165) is 17.2 Å². The van der Waals surface area contributed by atoms with Gasteiger partial charge in [0.1, 0.15) is 5.82 Å². The highest BCUT2D eigenvalue weighted by atomic mass is 32.2. The van der Waals surface area contributed by atoms with E-state index in [9.17, 15) is 12.8 Å². The Hall–Kier alpha value is -2.39. The number of halogens is 1. The summed E-state index contributed by atoms with van der Waals surface area (Å²) in [4.78, 5) is 0.0642. The lowest BCUT2D eigenvalue weighted by Gasteiger charge is -2.10. The molecule has 0 saturated heterocycles. The standard InChI is InChI=1S/C15H13FN2O2S/c1-10-3-5-13(7-11(10)2)21(19,20)18-15-6-4-12(9-17)8-14(15)16/h3-8,18H,1-2H3. The molecule has 0 bridgehead atoms. The molecule has 0 spiro atoms. The average molecular weight is 304 g/mol. The van der Waals surface area contributed by atoms with Crippen molar-refractivity contribution in [3.63, 3.8) is 0 Å². The number of benzene rings is 2. The van der Waals surface area contributed by atoms with Crippen molar-refractivity contribution in [1.82, 2.24) is 0 Å². The Kier molecular flexibility index (Phi) is 3.96. The Labute approximate surface area is 122 Å². The molecule has 0 aromatic heterocycles. The van der Waals surface area contributed by atoms with Gasteiger partial charge in [-0.3, -0.25) is 4.72 Å². The molecule has 0 saturated carbocycles. The van der Waals surface area contributed by atoms with Crippen molar-refractivity contribution in [3.05, 3.63) is 58.9 Å². The summed E-state index contributed by atoms with van der Waals surface area (Å²) in [7, 11) is -3.87. The number of hydrogen-bond acceptors (Lipinski definition) is 3. The van der Waals surface area contributed by atoms with E-state index in [-0.39, 0.29) is 16.1 Å². The number of nitriles is 1. The van der Waals surface area contributed by atoms with Gasteiger partial charge in [0.25, 0.3) is 10.0 Å². The van der Waals surface area contributed by atoms with Crippen LogP contribution in [0.3, 0.4) is 0 Å². The van der Waals surface area contributed by atoms with Crippen LogP contribution in [0.2, 0.25) is 0 Å². The molecule has 1 N–H and O–H groups in total. The molecule has 0 unspecified atom stereocenters. The van der Waals surface area contributed by atoms with Gasteiger partial charge in [-0.1, -0.05) is 6.07 Å². The smallest absolute Gasteiger partial charge is 0.261 e. The molecule has 0 heterocycles. The zero-order chi connectivity index (χ0) is 15.6. The van der Waals surface area contributed by atoms with Gasteiger partial charge in [-0.25, -0.2) is 12.8 Å². The molecular weight excluding hydrogens is 291 g/mol. The fourth-order valence-electron chi connectivity index (χ4n) is 1.75. The Morgan fingerprint density at radius 2 is 1.81 bits per heavy atom. The molecule has 2 rings (SSSR count). The molecule has 0 aliphatic carbocycles. The summed E-state index contributed by atoms with van der Waals surface area (Å²) in [5.41, 5.74) is 1.74. The third-order valence-corrected chi connectivity index (χ3v) is 4.49. The zero-order valence-electron chi connectivity index (χ0n) is 11.5. The van der Waals surface area contributed by atoms with Crippen molar-refractivity contribution in [2.75, 3.05) is 4.72 Å². The van der Waals surface area contributed by atoms with Gasteiger partial charge < -0.3 is 0 Å². The lowest BCUT2D eigenvalue weighted by Crippen LogP contribution is -2.14. The van der Waals surface area contributed by atoms with Crippen molar-refractivity contribution < 1.29 is 12.8 Å². The van der Waals surface area contributed by atoms with Crippen LogP contribution in [0.5, 0.6) is 0 Å². The number of nitrogens with one attached hydrogen (secondary N) is 1. The Morgan fingerprint density at radius 3 is 2.38 bits per heavy atom.